The SMILES string of the molecule is O=C(CCCCl)Oc1cc(Cl)c(Cl)cc1Cl. The third kappa shape index (κ3) is 4.02. The molecule has 1 rings (SSSR count). The smallest absolute Gasteiger partial charge is 0.311 e. The maximum Gasteiger partial charge on any atom is 0.311 e. The summed E-state index contributed by atoms with van der Waals surface area (Å²) in [6, 6.07) is 2.83. The summed E-state index contributed by atoms with van der Waals surface area (Å²) in [6.45, 7) is 0. The van der Waals surface area contributed by atoms with E-state index in [1.807, 2.05) is 0 Å². The van der Waals surface area contributed by atoms with E-state index >= 15 is 0 Å². The molecule has 0 radical (unpaired) electrons. The Morgan fingerprint density at radius 1 is 1.12 bits per heavy atom. The largest absolute Gasteiger partial charge is 0.425 e. The number of halogens is 4. The summed E-state index contributed by atoms with van der Waals surface area (Å²) in [5.74, 6) is 0.209. The second-order valence-corrected chi connectivity index (χ2v) is 4.56. The van der Waals surface area contributed by atoms with Crippen molar-refractivity contribution in [3.63, 3.8) is 0 Å². The molecule has 88 valence electrons. The maximum atomic E-state index is 11.3. The Labute approximate surface area is 113 Å². The molecule has 0 aliphatic rings. The minimum absolute atomic E-state index is 0.204. The Kier molecular flexibility index (Phi) is 5.70. The summed E-state index contributed by atoms with van der Waals surface area (Å²) in [7, 11) is 0. The molecule has 0 saturated carbocycles. The number of alkyl halides is 1. The molecule has 0 aliphatic heterocycles. The molecular formula is C10H8Cl4O2. The summed E-state index contributed by atoms with van der Waals surface area (Å²) in [4.78, 5) is 11.3. The molecule has 0 unspecified atom stereocenters. The van der Waals surface area contributed by atoms with Crippen LogP contribution < -0.4 is 4.74 Å². The fraction of sp³-hybridized carbons (Fsp3) is 0.300. The topological polar surface area (TPSA) is 26.3 Å². The van der Waals surface area contributed by atoms with Gasteiger partial charge in [-0.1, -0.05) is 34.8 Å². The molecule has 2 nitrogen and oxygen atoms in total. The van der Waals surface area contributed by atoms with Crippen LogP contribution >= 0.6 is 46.4 Å². The third-order valence-corrected chi connectivity index (χ3v) is 3.00. The van der Waals surface area contributed by atoms with E-state index in [2.05, 4.69) is 0 Å². The average Bonchev–Trinajstić information content (AvgIpc) is 2.23. The minimum Gasteiger partial charge on any atom is -0.425 e. The first-order chi connectivity index (χ1) is 7.54. The van der Waals surface area contributed by atoms with Crippen LogP contribution in [0.1, 0.15) is 12.8 Å². The Morgan fingerprint density at radius 2 is 1.75 bits per heavy atom. The molecule has 16 heavy (non-hydrogen) atoms. The number of carbonyl (C=O) groups excluding carboxylic acids is 1. The zero-order chi connectivity index (χ0) is 12.1. The van der Waals surface area contributed by atoms with Crippen molar-refractivity contribution in [3.8, 4) is 5.75 Å². The van der Waals surface area contributed by atoms with Gasteiger partial charge in [-0.2, -0.15) is 0 Å². The van der Waals surface area contributed by atoms with Crippen LogP contribution in [0.25, 0.3) is 0 Å². The lowest BCUT2D eigenvalue weighted by Crippen LogP contribution is -2.08. The van der Waals surface area contributed by atoms with Crippen molar-refractivity contribution in [2.75, 3.05) is 5.88 Å². The van der Waals surface area contributed by atoms with E-state index in [0.29, 0.717) is 17.3 Å². The zero-order valence-electron chi connectivity index (χ0n) is 8.10. The normalized spacial score (nSPS) is 10.2. The molecule has 0 aromatic heterocycles. The molecule has 6 heteroatoms. The predicted octanol–water partition coefficient (Wildman–Crippen LogP) is 4.57. The fourth-order valence-corrected chi connectivity index (χ4v) is 1.68. The van der Waals surface area contributed by atoms with Gasteiger partial charge in [0.15, 0.2) is 5.75 Å². The van der Waals surface area contributed by atoms with Gasteiger partial charge < -0.3 is 4.74 Å². The maximum absolute atomic E-state index is 11.3. The van der Waals surface area contributed by atoms with Crippen LogP contribution in [0.2, 0.25) is 15.1 Å². The van der Waals surface area contributed by atoms with E-state index in [-0.39, 0.29) is 22.2 Å². The van der Waals surface area contributed by atoms with Crippen molar-refractivity contribution in [2.45, 2.75) is 12.8 Å². The van der Waals surface area contributed by atoms with Gasteiger partial charge in [0.05, 0.1) is 15.1 Å². The molecular weight excluding hydrogens is 294 g/mol. The highest BCUT2D eigenvalue weighted by Gasteiger charge is 2.11. The number of ether oxygens (including phenoxy) is 1. The van der Waals surface area contributed by atoms with E-state index in [1.165, 1.54) is 12.1 Å². The first-order valence-corrected chi connectivity index (χ1v) is 6.12. The summed E-state index contributed by atoms with van der Waals surface area (Å²) in [5, 5.41) is 0.840. The quantitative estimate of drug-likeness (QED) is 0.352. The Hall–Kier alpha value is -0.150. The third-order valence-electron chi connectivity index (χ3n) is 1.71. The standard InChI is InChI=1S/C10H8Cl4O2/c11-3-1-2-10(15)16-9-5-7(13)6(12)4-8(9)14/h4-5H,1-3H2. The molecule has 1 aromatic carbocycles. The summed E-state index contributed by atoms with van der Waals surface area (Å²) in [6.07, 6.45) is 0.791. The average molecular weight is 302 g/mol. The van der Waals surface area contributed by atoms with Crippen LogP contribution in [0.4, 0.5) is 0 Å². The van der Waals surface area contributed by atoms with Crippen molar-refractivity contribution >= 4 is 52.4 Å². The lowest BCUT2D eigenvalue weighted by molar-refractivity contribution is -0.134. The van der Waals surface area contributed by atoms with Crippen molar-refractivity contribution in [1.29, 1.82) is 0 Å². The first kappa shape index (κ1) is 13.9. The van der Waals surface area contributed by atoms with E-state index < -0.39 is 5.97 Å². The van der Waals surface area contributed by atoms with E-state index in [4.69, 9.17) is 51.1 Å². The molecule has 0 atom stereocenters. The van der Waals surface area contributed by atoms with Gasteiger partial charge in [-0.3, -0.25) is 4.79 Å². The number of hydrogen-bond donors (Lipinski definition) is 0. The molecule has 0 aliphatic carbocycles. The molecule has 0 saturated heterocycles. The molecule has 0 spiro atoms. The monoisotopic (exact) mass is 300 g/mol. The number of hydrogen-bond acceptors (Lipinski definition) is 2. The summed E-state index contributed by atoms with van der Waals surface area (Å²) < 4.78 is 5.01. The first-order valence-electron chi connectivity index (χ1n) is 4.45. The highest BCUT2D eigenvalue weighted by molar-refractivity contribution is 6.43. The van der Waals surface area contributed by atoms with Gasteiger partial charge in [0.1, 0.15) is 0 Å². The van der Waals surface area contributed by atoms with Crippen molar-refractivity contribution in [3.05, 3.63) is 27.2 Å². The second kappa shape index (κ2) is 6.55. The van der Waals surface area contributed by atoms with Gasteiger partial charge in [0, 0.05) is 18.4 Å². The van der Waals surface area contributed by atoms with E-state index in [1.54, 1.807) is 0 Å². The molecule has 0 amide bonds. The molecule has 0 fully saturated rings. The number of esters is 1. The van der Waals surface area contributed by atoms with Gasteiger partial charge >= 0.3 is 5.97 Å². The molecule has 0 bridgehead atoms. The van der Waals surface area contributed by atoms with E-state index in [0.717, 1.165) is 0 Å². The van der Waals surface area contributed by atoms with Crippen LogP contribution in [-0.2, 0) is 4.79 Å². The van der Waals surface area contributed by atoms with Crippen LogP contribution in [0, 0.1) is 0 Å². The van der Waals surface area contributed by atoms with Gasteiger partial charge in [0.2, 0.25) is 0 Å². The zero-order valence-corrected chi connectivity index (χ0v) is 11.1. The van der Waals surface area contributed by atoms with Gasteiger partial charge in [0.25, 0.3) is 0 Å². The Balaban J connectivity index is 2.73. The fourth-order valence-electron chi connectivity index (χ4n) is 0.967. The molecule has 0 heterocycles. The van der Waals surface area contributed by atoms with Gasteiger partial charge in [-0.25, -0.2) is 0 Å². The Morgan fingerprint density at radius 3 is 2.38 bits per heavy atom. The van der Waals surface area contributed by atoms with Crippen LogP contribution in [0.3, 0.4) is 0 Å². The van der Waals surface area contributed by atoms with E-state index in [9.17, 15) is 4.79 Å². The number of carbonyl (C=O) groups is 1. The van der Waals surface area contributed by atoms with Gasteiger partial charge in [-0.15, -0.1) is 11.6 Å². The van der Waals surface area contributed by atoms with Gasteiger partial charge in [-0.05, 0) is 12.5 Å². The van der Waals surface area contributed by atoms with Crippen LogP contribution in [0.15, 0.2) is 12.1 Å². The summed E-state index contributed by atoms with van der Waals surface area (Å²) >= 11 is 22.8. The highest BCUT2D eigenvalue weighted by Crippen LogP contribution is 2.34. The van der Waals surface area contributed by atoms with Crippen LogP contribution in [-0.4, -0.2) is 11.8 Å². The van der Waals surface area contributed by atoms with Crippen LogP contribution in [0.5, 0.6) is 5.75 Å². The van der Waals surface area contributed by atoms with Crippen molar-refractivity contribution < 1.29 is 9.53 Å². The lowest BCUT2D eigenvalue weighted by atomic mass is 10.3. The molecule has 0 N–H and O–H groups in total. The number of rotatable bonds is 4. The second-order valence-electron chi connectivity index (χ2n) is 2.96. The minimum atomic E-state index is -0.402. The Bertz CT molecular complexity index is 393. The summed E-state index contributed by atoms with van der Waals surface area (Å²) in [5.41, 5.74) is 0. The molecule has 1 aromatic rings. The van der Waals surface area contributed by atoms with Crippen molar-refractivity contribution in [1.82, 2.24) is 0 Å². The predicted molar refractivity (Wildman–Crippen MR) is 67.1 cm³/mol. The number of benzene rings is 1. The lowest BCUT2D eigenvalue weighted by Gasteiger charge is -2.07. The highest BCUT2D eigenvalue weighted by atomic mass is 35.5. The van der Waals surface area contributed by atoms with Crippen molar-refractivity contribution in [2.24, 2.45) is 0 Å².